The minimum Gasteiger partial charge on any atom is -0.298 e. The highest BCUT2D eigenvalue weighted by Gasteiger charge is 2.37. The summed E-state index contributed by atoms with van der Waals surface area (Å²) in [5.74, 6) is 0. The predicted molar refractivity (Wildman–Crippen MR) is 66.9 cm³/mol. The quantitative estimate of drug-likeness (QED) is 0.746. The van der Waals surface area contributed by atoms with Crippen LogP contribution in [0.5, 0.6) is 0 Å². The maximum absolute atomic E-state index is 10.5. The molecule has 0 N–H and O–H groups in total. The van der Waals surface area contributed by atoms with Crippen molar-refractivity contribution in [3.8, 4) is 0 Å². The van der Waals surface area contributed by atoms with Crippen LogP contribution in [0.15, 0.2) is 24.3 Å². The fraction of sp³-hybridized carbons (Fsp3) is 0.462. The van der Waals surface area contributed by atoms with Crippen molar-refractivity contribution < 1.29 is 4.79 Å². The molecule has 4 rings (SSSR count). The van der Waals surface area contributed by atoms with Gasteiger partial charge < -0.3 is 0 Å². The molecule has 2 atom stereocenters. The van der Waals surface area contributed by atoms with E-state index in [0.29, 0.717) is 0 Å². The van der Waals surface area contributed by atoms with Crippen LogP contribution in [-0.4, -0.2) is 34.8 Å². The maximum atomic E-state index is 10.5. The third kappa shape index (κ3) is 2.02. The fourth-order valence-corrected chi connectivity index (χ4v) is 4.00. The van der Waals surface area contributed by atoms with Crippen LogP contribution in [0.2, 0.25) is 0 Å². The highest BCUT2D eigenvalue weighted by atomic mass is 32.2. The van der Waals surface area contributed by atoms with E-state index in [4.69, 9.17) is 0 Å². The van der Waals surface area contributed by atoms with Crippen molar-refractivity contribution in [2.45, 2.75) is 23.5 Å². The monoisotopic (exact) mass is 233 g/mol. The van der Waals surface area contributed by atoms with E-state index in [0.717, 1.165) is 28.9 Å². The summed E-state index contributed by atoms with van der Waals surface area (Å²) in [5.41, 5.74) is 2.08. The Kier molecular flexibility index (Phi) is 2.74. The van der Waals surface area contributed by atoms with Crippen molar-refractivity contribution in [2.24, 2.45) is 0 Å². The number of carbonyl (C=O) groups is 1. The number of rotatable bonds is 3. The van der Waals surface area contributed by atoms with Gasteiger partial charge in [0.05, 0.1) is 0 Å². The molecule has 0 saturated carbocycles. The van der Waals surface area contributed by atoms with Gasteiger partial charge in [0.25, 0.3) is 0 Å². The number of benzene rings is 1. The maximum Gasteiger partial charge on any atom is 0.150 e. The van der Waals surface area contributed by atoms with E-state index < -0.39 is 0 Å². The Bertz CT molecular complexity index is 373. The minimum atomic E-state index is 0.765. The van der Waals surface area contributed by atoms with Gasteiger partial charge in [-0.1, -0.05) is 24.3 Å². The zero-order valence-electron chi connectivity index (χ0n) is 9.13. The van der Waals surface area contributed by atoms with Gasteiger partial charge in [0.2, 0.25) is 0 Å². The van der Waals surface area contributed by atoms with Gasteiger partial charge in [0.15, 0.2) is 0 Å². The molecule has 3 heterocycles. The first kappa shape index (κ1) is 10.4. The highest BCUT2D eigenvalue weighted by molar-refractivity contribution is 8.02. The molecule has 0 aliphatic carbocycles. The Labute approximate surface area is 100 Å². The Morgan fingerprint density at radius 2 is 1.88 bits per heavy atom. The molecule has 0 aromatic heterocycles. The molecule has 0 spiro atoms. The Morgan fingerprint density at radius 3 is 2.44 bits per heavy atom. The number of aldehydes is 1. The van der Waals surface area contributed by atoms with Gasteiger partial charge in [0, 0.05) is 35.7 Å². The van der Waals surface area contributed by atoms with Crippen LogP contribution in [0.25, 0.3) is 0 Å². The van der Waals surface area contributed by atoms with Gasteiger partial charge in [-0.15, -0.1) is 0 Å². The first-order valence-electron chi connectivity index (χ1n) is 5.75. The van der Waals surface area contributed by atoms with Gasteiger partial charge in [0.1, 0.15) is 6.29 Å². The minimum absolute atomic E-state index is 0.765. The molecule has 3 saturated heterocycles. The molecule has 3 heteroatoms. The highest BCUT2D eigenvalue weighted by Crippen LogP contribution is 2.41. The molecule has 2 unspecified atom stereocenters. The van der Waals surface area contributed by atoms with Crippen molar-refractivity contribution in [3.63, 3.8) is 0 Å². The fourth-order valence-electron chi connectivity index (χ4n) is 2.53. The summed E-state index contributed by atoms with van der Waals surface area (Å²) in [6.45, 7) is 3.50. The van der Waals surface area contributed by atoms with E-state index in [2.05, 4.69) is 28.8 Å². The average molecular weight is 233 g/mol. The number of hydrogen-bond donors (Lipinski definition) is 0. The van der Waals surface area contributed by atoms with Crippen LogP contribution in [0.4, 0.5) is 0 Å². The number of hydrogen-bond acceptors (Lipinski definition) is 3. The first-order chi connectivity index (χ1) is 7.83. The van der Waals surface area contributed by atoms with E-state index in [1.807, 2.05) is 12.1 Å². The van der Waals surface area contributed by atoms with Crippen LogP contribution in [0, 0.1) is 0 Å². The molecule has 16 heavy (non-hydrogen) atoms. The molecule has 3 fully saturated rings. The average Bonchev–Trinajstić information content (AvgIpc) is 2.29. The van der Waals surface area contributed by atoms with Gasteiger partial charge in [-0.2, -0.15) is 11.8 Å². The SMILES string of the molecule is O=Cc1ccc(CN2CC3CC(C2)S3)cc1. The summed E-state index contributed by atoms with van der Waals surface area (Å²) in [6, 6.07) is 7.94. The van der Waals surface area contributed by atoms with Crippen molar-refractivity contribution in [3.05, 3.63) is 35.4 Å². The summed E-state index contributed by atoms with van der Waals surface area (Å²) in [6.07, 6.45) is 2.32. The molecular weight excluding hydrogens is 218 g/mol. The third-order valence-electron chi connectivity index (χ3n) is 3.36. The predicted octanol–water partition coefficient (Wildman–Crippen LogP) is 2.19. The van der Waals surface area contributed by atoms with Crippen LogP contribution in [0.3, 0.4) is 0 Å². The molecule has 3 aliphatic heterocycles. The number of thioether (sulfide) groups is 1. The van der Waals surface area contributed by atoms with Crippen molar-refractivity contribution in [1.82, 2.24) is 4.90 Å². The zero-order valence-corrected chi connectivity index (χ0v) is 9.95. The molecule has 0 radical (unpaired) electrons. The van der Waals surface area contributed by atoms with Crippen LogP contribution in [0.1, 0.15) is 22.3 Å². The second-order valence-corrected chi connectivity index (χ2v) is 6.27. The standard InChI is InChI=1S/C13H15NOS/c15-9-11-3-1-10(2-4-11)6-14-7-12-5-13(8-14)16-12/h1-4,9,12-13H,5-8H2. The molecule has 2 nitrogen and oxygen atoms in total. The third-order valence-corrected chi connectivity index (χ3v) is 4.81. The summed E-state index contributed by atoms with van der Waals surface area (Å²) in [4.78, 5) is 13.1. The van der Waals surface area contributed by atoms with Crippen molar-refractivity contribution >= 4 is 18.0 Å². The topological polar surface area (TPSA) is 20.3 Å². The van der Waals surface area contributed by atoms with Gasteiger partial charge in [-0.05, 0) is 12.0 Å². The first-order valence-corrected chi connectivity index (χ1v) is 6.70. The Balaban J connectivity index is 1.62. The lowest BCUT2D eigenvalue weighted by Crippen LogP contribution is -2.50. The van der Waals surface area contributed by atoms with E-state index in [1.54, 1.807) is 0 Å². The zero-order chi connectivity index (χ0) is 11.0. The molecule has 3 aliphatic rings. The van der Waals surface area contributed by atoms with E-state index in [1.165, 1.54) is 25.1 Å². The number of carbonyl (C=O) groups excluding carboxylic acids is 1. The summed E-state index contributed by atoms with van der Waals surface area (Å²) >= 11 is 2.15. The van der Waals surface area contributed by atoms with Crippen molar-refractivity contribution in [1.29, 1.82) is 0 Å². The Hall–Kier alpha value is -0.800. The molecular formula is C13H15NOS. The normalized spacial score (nSPS) is 28.5. The smallest absolute Gasteiger partial charge is 0.150 e. The lowest BCUT2D eigenvalue weighted by Gasteiger charge is -2.46. The van der Waals surface area contributed by atoms with E-state index in [-0.39, 0.29) is 0 Å². The molecule has 1 aromatic rings. The van der Waals surface area contributed by atoms with Crippen LogP contribution < -0.4 is 0 Å². The second kappa shape index (κ2) is 4.22. The van der Waals surface area contributed by atoms with Gasteiger partial charge in [-0.3, -0.25) is 9.69 Å². The van der Waals surface area contributed by atoms with Gasteiger partial charge in [-0.25, -0.2) is 0 Å². The van der Waals surface area contributed by atoms with E-state index in [9.17, 15) is 4.79 Å². The number of fused-ring (bicyclic) bond motifs is 2. The number of nitrogens with zero attached hydrogens (tertiary/aromatic N) is 1. The molecule has 84 valence electrons. The molecule has 2 bridgehead atoms. The van der Waals surface area contributed by atoms with Gasteiger partial charge >= 0.3 is 0 Å². The lowest BCUT2D eigenvalue weighted by atomic mass is 10.1. The number of piperidine rings is 1. The summed E-state index contributed by atoms with van der Waals surface area (Å²) in [7, 11) is 0. The molecule has 0 amide bonds. The largest absolute Gasteiger partial charge is 0.298 e. The Morgan fingerprint density at radius 1 is 1.25 bits per heavy atom. The summed E-state index contributed by atoms with van der Waals surface area (Å²) in [5, 5.41) is 1.76. The summed E-state index contributed by atoms with van der Waals surface area (Å²) < 4.78 is 0. The van der Waals surface area contributed by atoms with E-state index >= 15 is 0 Å². The van der Waals surface area contributed by atoms with Crippen LogP contribution in [-0.2, 0) is 6.54 Å². The molecule has 1 aromatic carbocycles. The second-order valence-electron chi connectivity index (χ2n) is 4.67. The lowest BCUT2D eigenvalue weighted by molar-refractivity contribution is 0.112. The van der Waals surface area contributed by atoms with Crippen LogP contribution >= 0.6 is 11.8 Å². The van der Waals surface area contributed by atoms with Crippen molar-refractivity contribution in [2.75, 3.05) is 13.1 Å².